The Bertz CT molecular complexity index is 1490. The predicted molar refractivity (Wildman–Crippen MR) is 130 cm³/mol. The second-order valence-electron chi connectivity index (χ2n) is 7.13. The third-order valence-corrected chi connectivity index (χ3v) is 6.94. The molecule has 3 aromatic rings. The topological polar surface area (TPSA) is 69.9 Å². The van der Waals surface area contributed by atoms with Crippen LogP contribution in [-0.2, 0) is 9.53 Å². The van der Waals surface area contributed by atoms with Gasteiger partial charge in [-0.1, -0.05) is 52.2 Å². The maximum absolute atomic E-state index is 13.6. The number of hydrogen-bond acceptors (Lipinski definition) is 6. The number of hydrogen-bond donors (Lipinski definition) is 0. The van der Waals surface area contributed by atoms with Crippen molar-refractivity contribution in [3.8, 4) is 5.75 Å². The van der Waals surface area contributed by atoms with Crippen LogP contribution in [0.15, 0.2) is 57.5 Å². The summed E-state index contributed by atoms with van der Waals surface area (Å²) in [6.45, 7) is 1.70. The highest BCUT2D eigenvalue weighted by Crippen LogP contribution is 2.37. The lowest BCUT2D eigenvalue weighted by Gasteiger charge is -2.25. The number of rotatable bonds is 4. The Morgan fingerprint density at radius 2 is 1.82 bits per heavy atom. The van der Waals surface area contributed by atoms with E-state index in [4.69, 9.17) is 44.3 Å². The molecule has 0 unspecified atom stereocenters. The van der Waals surface area contributed by atoms with E-state index in [2.05, 4.69) is 4.99 Å². The van der Waals surface area contributed by atoms with Crippen LogP contribution in [0.3, 0.4) is 0 Å². The zero-order valence-electron chi connectivity index (χ0n) is 17.7. The van der Waals surface area contributed by atoms with Crippen LogP contribution in [0, 0.1) is 0 Å². The van der Waals surface area contributed by atoms with Crippen molar-refractivity contribution in [2.45, 2.75) is 13.0 Å². The fraction of sp³-hybridized carbons (Fsp3) is 0.174. The summed E-state index contributed by atoms with van der Waals surface area (Å²) in [6.07, 6.45) is 1.67. The second kappa shape index (κ2) is 9.35. The molecule has 0 bridgehead atoms. The van der Waals surface area contributed by atoms with Gasteiger partial charge in [0.05, 0.1) is 30.0 Å². The fourth-order valence-electron chi connectivity index (χ4n) is 3.67. The lowest BCUT2D eigenvalue weighted by molar-refractivity contribution is -0.136. The summed E-state index contributed by atoms with van der Waals surface area (Å²) in [5.41, 5.74) is 1.49. The van der Waals surface area contributed by atoms with Crippen molar-refractivity contribution in [1.29, 1.82) is 0 Å². The Morgan fingerprint density at radius 3 is 2.48 bits per heavy atom. The molecule has 2 heterocycles. The van der Waals surface area contributed by atoms with Crippen molar-refractivity contribution in [2.24, 2.45) is 4.99 Å². The predicted octanol–water partition coefficient (Wildman–Crippen LogP) is 4.38. The molecule has 0 amide bonds. The highest BCUT2D eigenvalue weighted by Gasteiger charge is 2.35. The molecule has 0 saturated carbocycles. The molecule has 1 aromatic heterocycles. The number of esters is 1. The molecule has 0 N–H and O–H groups in total. The van der Waals surface area contributed by atoms with Gasteiger partial charge < -0.3 is 9.47 Å². The molecule has 0 saturated heterocycles. The maximum Gasteiger partial charge on any atom is 0.338 e. The van der Waals surface area contributed by atoms with Crippen LogP contribution in [-0.4, -0.2) is 24.8 Å². The smallest absolute Gasteiger partial charge is 0.338 e. The maximum atomic E-state index is 13.6. The number of halogens is 3. The Morgan fingerprint density at radius 1 is 1.12 bits per heavy atom. The number of allylic oxidation sites excluding steroid dienone is 1. The largest absolute Gasteiger partial charge is 0.496 e. The molecule has 10 heteroatoms. The van der Waals surface area contributed by atoms with Crippen molar-refractivity contribution in [3.05, 3.63) is 93.6 Å². The molecular weight excluding hydrogens is 507 g/mol. The van der Waals surface area contributed by atoms with E-state index in [0.717, 1.165) is 0 Å². The Labute approximate surface area is 208 Å². The summed E-state index contributed by atoms with van der Waals surface area (Å²) in [6, 6.07) is 9.20. The lowest BCUT2D eigenvalue weighted by atomic mass is 9.95. The molecule has 1 aliphatic heterocycles. The number of carbonyl (C=O) groups excluding carboxylic acids is 1. The quantitative estimate of drug-likeness (QED) is 0.476. The zero-order valence-corrected chi connectivity index (χ0v) is 20.8. The number of benzene rings is 2. The minimum atomic E-state index is -0.842. The normalized spacial score (nSPS) is 15.8. The number of carbonyl (C=O) groups is 1. The molecule has 4 rings (SSSR count). The first kappa shape index (κ1) is 23.6. The molecule has 33 heavy (non-hydrogen) atoms. The van der Waals surface area contributed by atoms with E-state index in [1.54, 1.807) is 49.4 Å². The van der Waals surface area contributed by atoms with Gasteiger partial charge in [-0.05, 0) is 48.9 Å². The van der Waals surface area contributed by atoms with E-state index in [1.807, 2.05) is 0 Å². The monoisotopic (exact) mass is 522 g/mol. The van der Waals surface area contributed by atoms with Crippen molar-refractivity contribution < 1.29 is 14.3 Å². The summed E-state index contributed by atoms with van der Waals surface area (Å²) in [5, 5.41) is 1.33. The van der Waals surface area contributed by atoms with E-state index >= 15 is 0 Å². The van der Waals surface area contributed by atoms with Gasteiger partial charge in [-0.3, -0.25) is 9.36 Å². The van der Waals surface area contributed by atoms with Crippen molar-refractivity contribution >= 4 is 58.2 Å². The van der Waals surface area contributed by atoms with Gasteiger partial charge in [-0.2, -0.15) is 0 Å². The molecule has 170 valence electrons. The molecule has 0 aliphatic carbocycles. The number of ether oxygens (including phenoxy) is 2. The second-order valence-corrected chi connectivity index (χ2v) is 9.41. The molecule has 1 aliphatic rings. The molecular formula is C23H17Cl3N2O4S. The Hall–Kier alpha value is -2.58. The van der Waals surface area contributed by atoms with E-state index in [1.165, 1.54) is 30.1 Å². The fourth-order valence-corrected chi connectivity index (χ4v) is 5.35. The molecule has 0 radical (unpaired) electrons. The van der Waals surface area contributed by atoms with Crippen LogP contribution in [0.4, 0.5) is 0 Å². The molecule has 2 aromatic carbocycles. The van der Waals surface area contributed by atoms with Crippen LogP contribution in [0.25, 0.3) is 6.08 Å². The van der Waals surface area contributed by atoms with Gasteiger partial charge in [0.15, 0.2) is 4.80 Å². The summed E-state index contributed by atoms with van der Waals surface area (Å²) in [4.78, 5) is 31.3. The lowest BCUT2D eigenvalue weighted by Crippen LogP contribution is -2.40. The van der Waals surface area contributed by atoms with Gasteiger partial charge in [0.25, 0.3) is 5.56 Å². The first-order valence-corrected chi connectivity index (χ1v) is 11.6. The van der Waals surface area contributed by atoms with Crippen LogP contribution < -0.4 is 19.6 Å². The van der Waals surface area contributed by atoms with Gasteiger partial charge in [0, 0.05) is 20.6 Å². The van der Waals surface area contributed by atoms with E-state index < -0.39 is 12.0 Å². The van der Waals surface area contributed by atoms with Crippen LogP contribution in [0.1, 0.15) is 24.1 Å². The highest BCUT2D eigenvalue weighted by atomic mass is 35.5. The molecule has 6 nitrogen and oxygen atoms in total. The van der Waals surface area contributed by atoms with Crippen molar-refractivity contribution in [1.82, 2.24) is 4.57 Å². The van der Waals surface area contributed by atoms with Gasteiger partial charge >= 0.3 is 5.97 Å². The van der Waals surface area contributed by atoms with Crippen LogP contribution in [0.2, 0.25) is 15.1 Å². The van der Waals surface area contributed by atoms with Gasteiger partial charge in [-0.15, -0.1) is 0 Å². The summed E-state index contributed by atoms with van der Waals surface area (Å²) in [5.74, 6) is -0.130. The van der Waals surface area contributed by atoms with Gasteiger partial charge in [0.1, 0.15) is 11.8 Å². The highest BCUT2D eigenvalue weighted by molar-refractivity contribution is 7.07. The molecule has 1 atom stereocenters. The number of fused-ring (bicyclic) bond motifs is 1. The zero-order chi connectivity index (χ0) is 23.9. The Balaban J connectivity index is 2.03. The van der Waals surface area contributed by atoms with Crippen molar-refractivity contribution in [3.63, 3.8) is 0 Å². The number of nitrogens with zero attached hydrogens (tertiary/aromatic N) is 2. The van der Waals surface area contributed by atoms with Crippen molar-refractivity contribution in [2.75, 3.05) is 14.2 Å². The number of aromatic nitrogens is 1. The molecule has 0 spiro atoms. The first-order valence-electron chi connectivity index (χ1n) is 9.64. The van der Waals surface area contributed by atoms with E-state index in [9.17, 15) is 9.59 Å². The average molecular weight is 524 g/mol. The Kier molecular flexibility index (Phi) is 6.68. The van der Waals surface area contributed by atoms with Crippen LogP contribution in [0.5, 0.6) is 5.75 Å². The third-order valence-electron chi connectivity index (χ3n) is 5.16. The SMILES string of the molecule is COC(=O)C1=C(C)N=c2s/c(=C\c3ccc(Cl)cc3Cl)c(=O)n2[C@@H]1c1cc(Cl)ccc1OC. The van der Waals surface area contributed by atoms with E-state index in [0.29, 0.717) is 47.0 Å². The first-order chi connectivity index (χ1) is 15.7. The standard InChI is InChI=1S/C23H17Cl3N2O4S/c1-11-19(22(30)32-3)20(15-9-13(24)6-7-17(15)31-2)28-21(29)18(33-23(28)27-11)8-12-4-5-14(25)10-16(12)26/h4-10,20H,1-3H3/b18-8-/t20-/m1/s1. The number of thiazole rings is 1. The summed E-state index contributed by atoms with van der Waals surface area (Å²) in [7, 11) is 2.79. The summed E-state index contributed by atoms with van der Waals surface area (Å²) >= 11 is 19.8. The van der Waals surface area contributed by atoms with Gasteiger partial charge in [-0.25, -0.2) is 9.79 Å². The minimum absolute atomic E-state index is 0.224. The third kappa shape index (κ3) is 4.34. The average Bonchev–Trinajstić information content (AvgIpc) is 3.08. The number of methoxy groups -OCH3 is 2. The van der Waals surface area contributed by atoms with Gasteiger partial charge in [0.2, 0.25) is 0 Å². The van der Waals surface area contributed by atoms with E-state index in [-0.39, 0.29) is 11.1 Å². The summed E-state index contributed by atoms with van der Waals surface area (Å²) < 4.78 is 12.4. The minimum Gasteiger partial charge on any atom is -0.496 e. The molecule has 0 fully saturated rings. The van der Waals surface area contributed by atoms with Crippen LogP contribution >= 0.6 is 46.1 Å².